The Morgan fingerprint density at radius 3 is 2.68 bits per heavy atom. The van der Waals surface area contributed by atoms with E-state index in [1.165, 1.54) is 11.3 Å². The van der Waals surface area contributed by atoms with E-state index in [2.05, 4.69) is 53.8 Å². The molecule has 2 rings (SSSR count). The Morgan fingerprint density at radius 1 is 1.32 bits per heavy atom. The molecule has 0 aromatic carbocycles. The Kier molecular flexibility index (Phi) is 11.7. The molecule has 1 unspecified atom stereocenters. The van der Waals surface area contributed by atoms with Gasteiger partial charge in [0.2, 0.25) is 0 Å². The molecule has 0 radical (unpaired) electrons. The lowest BCUT2D eigenvalue weighted by Crippen LogP contribution is -2.51. The number of rotatable bonds is 8. The zero-order chi connectivity index (χ0) is 17.2. The van der Waals surface area contributed by atoms with Gasteiger partial charge in [-0.15, -0.1) is 35.3 Å². The fourth-order valence-electron chi connectivity index (χ4n) is 2.96. The summed E-state index contributed by atoms with van der Waals surface area (Å²) >= 11 is 1.75. The molecule has 1 aliphatic heterocycles. The standard InChI is InChI=1S/C18H32N4OS.HI/c1-4-19-18(21-14-17-6-5-11-24-17)20-13-16(12-15(2)3)22-7-9-23-10-8-22;/h5-6,11,15-16H,4,7-10,12-14H2,1-3H3,(H2,19,20,21);1H. The SMILES string of the molecule is CCNC(=NCc1cccs1)NCC(CC(C)C)N1CCOCC1.I. The summed E-state index contributed by atoms with van der Waals surface area (Å²) in [5.74, 6) is 1.60. The number of aliphatic imine (C=N–C) groups is 1. The van der Waals surface area contributed by atoms with Gasteiger partial charge in [0.25, 0.3) is 0 Å². The van der Waals surface area contributed by atoms with E-state index in [4.69, 9.17) is 9.73 Å². The van der Waals surface area contributed by atoms with Crippen LogP contribution < -0.4 is 10.6 Å². The summed E-state index contributed by atoms with van der Waals surface area (Å²) in [5, 5.41) is 9.00. The van der Waals surface area contributed by atoms with Gasteiger partial charge in [-0.05, 0) is 30.7 Å². The lowest BCUT2D eigenvalue weighted by molar-refractivity contribution is 0.0132. The summed E-state index contributed by atoms with van der Waals surface area (Å²) in [4.78, 5) is 8.56. The maximum absolute atomic E-state index is 5.50. The van der Waals surface area contributed by atoms with Crippen molar-refractivity contribution in [3.63, 3.8) is 0 Å². The number of hydrogen-bond acceptors (Lipinski definition) is 4. The first-order valence-corrected chi connectivity index (χ1v) is 9.93. The minimum atomic E-state index is 0. The van der Waals surface area contributed by atoms with Gasteiger partial charge in [-0.1, -0.05) is 19.9 Å². The van der Waals surface area contributed by atoms with Gasteiger partial charge in [-0.25, -0.2) is 4.99 Å². The number of thiophene rings is 1. The minimum absolute atomic E-state index is 0. The highest BCUT2D eigenvalue weighted by atomic mass is 127. The van der Waals surface area contributed by atoms with Crippen molar-refractivity contribution >= 4 is 41.3 Å². The molecule has 1 saturated heterocycles. The summed E-state index contributed by atoms with van der Waals surface area (Å²) in [7, 11) is 0. The molecule has 1 aromatic heterocycles. The van der Waals surface area contributed by atoms with Crippen LogP contribution in [0.15, 0.2) is 22.5 Å². The Bertz CT molecular complexity index is 475. The summed E-state index contributed by atoms with van der Waals surface area (Å²) in [6.45, 7) is 13.0. The molecule has 2 N–H and O–H groups in total. The second kappa shape index (κ2) is 12.9. The topological polar surface area (TPSA) is 48.9 Å². The van der Waals surface area contributed by atoms with Crippen molar-refractivity contribution in [1.29, 1.82) is 0 Å². The first-order valence-electron chi connectivity index (χ1n) is 9.05. The Labute approximate surface area is 173 Å². The van der Waals surface area contributed by atoms with Gasteiger partial charge in [0.05, 0.1) is 19.8 Å². The third kappa shape index (κ3) is 8.70. The zero-order valence-corrected chi connectivity index (χ0v) is 18.8. The van der Waals surface area contributed by atoms with Crippen LogP contribution in [0.25, 0.3) is 0 Å². The predicted octanol–water partition coefficient (Wildman–Crippen LogP) is 3.17. The average Bonchev–Trinajstić information content (AvgIpc) is 3.10. The van der Waals surface area contributed by atoms with Gasteiger partial charge in [0.15, 0.2) is 5.96 Å². The molecule has 0 aliphatic carbocycles. The molecule has 5 nitrogen and oxygen atoms in total. The summed E-state index contributed by atoms with van der Waals surface area (Å²) in [6.07, 6.45) is 1.19. The van der Waals surface area contributed by atoms with Crippen LogP contribution in [0.1, 0.15) is 32.1 Å². The fraction of sp³-hybridized carbons (Fsp3) is 0.722. The highest BCUT2D eigenvalue weighted by molar-refractivity contribution is 14.0. The quantitative estimate of drug-likeness (QED) is 0.341. The van der Waals surface area contributed by atoms with Gasteiger partial charge in [0.1, 0.15) is 0 Å². The first-order chi connectivity index (χ1) is 11.7. The van der Waals surface area contributed by atoms with E-state index in [0.29, 0.717) is 12.0 Å². The summed E-state index contributed by atoms with van der Waals surface area (Å²) in [5.41, 5.74) is 0. The van der Waals surface area contributed by atoms with Crippen molar-refractivity contribution in [3.8, 4) is 0 Å². The van der Waals surface area contributed by atoms with E-state index in [1.54, 1.807) is 11.3 Å². The maximum Gasteiger partial charge on any atom is 0.191 e. The number of nitrogens with one attached hydrogen (secondary N) is 2. The second-order valence-electron chi connectivity index (χ2n) is 6.59. The predicted molar refractivity (Wildman–Crippen MR) is 118 cm³/mol. The monoisotopic (exact) mass is 480 g/mol. The maximum atomic E-state index is 5.50. The van der Waals surface area contributed by atoms with Crippen molar-refractivity contribution in [1.82, 2.24) is 15.5 Å². The van der Waals surface area contributed by atoms with E-state index < -0.39 is 0 Å². The van der Waals surface area contributed by atoms with Crippen LogP contribution in [-0.2, 0) is 11.3 Å². The van der Waals surface area contributed by atoms with Gasteiger partial charge in [-0.2, -0.15) is 0 Å². The molecule has 1 atom stereocenters. The molecule has 0 bridgehead atoms. The number of hydrogen-bond donors (Lipinski definition) is 2. The highest BCUT2D eigenvalue weighted by Gasteiger charge is 2.22. The van der Waals surface area contributed by atoms with E-state index >= 15 is 0 Å². The van der Waals surface area contributed by atoms with Gasteiger partial charge < -0.3 is 15.4 Å². The third-order valence-corrected chi connectivity index (χ3v) is 4.99. The van der Waals surface area contributed by atoms with Crippen LogP contribution >= 0.6 is 35.3 Å². The van der Waals surface area contributed by atoms with E-state index in [9.17, 15) is 0 Å². The molecule has 1 aromatic rings. The highest BCUT2D eigenvalue weighted by Crippen LogP contribution is 2.13. The molecule has 0 amide bonds. The van der Waals surface area contributed by atoms with Crippen LogP contribution in [-0.4, -0.2) is 56.3 Å². The second-order valence-corrected chi connectivity index (χ2v) is 7.62. The van der Waals surface area contributed by atoms with E-state index in [-0.39, 0.29) is 24.0 Å². The Hall–Kier alpha value is -0.380. The van der Waals surface area contributed by atoms with Crippen molar-refractivity contribution in [3.05, 3.63) is 22.4 Å². The Balaban J connectivity index is 0.00000312. The first kappa shape index (κ1) is 22.7. The lowest BCUT2D eigenvalue weighted by Gasteiger charge is -2.35. The molecular formula is C18H33IN4OS. The number of morpholine rings is 1. The van der Waals surface area contributed by atoms with Crippen LogP contribution in [0.3, 0.4) is 0 Å². The van der Waals surface area contributed by atoms with Crippen LogP contribution in [0.2, 0.25) is 0 Å². The smallest absolute Gasteiger partial charge is 0.191 e. The van der Waals surface area contributed by atoms with Crippen molar-refractivity contribution in [2.24, 2.45) is 10.9 Å². The van der Waals surface area contributed by atoms with Crippen LogP contribution in [0.5, 0.6) is 0 Å². The molecule has 0 saturated carbocycles. The van der Waals surface area contributed by atoms with E-state index in [0.717, 1.165) is 51.9 Å². The lowest BCUT2D eigenvalue weighted by atomic mass is 10.0. The molecule has 2 heterocycles. The van der Waals surface area contributed by atoms with Gasteiger partial charge in [-0.3, -0.25) is 4.90 Å². The molecule has 1 fully saturated rings. The van der Waals surface area contributed by atoms with Crippen LogP contribution in [0.4, 0.5) is 0 Å². The van der Waals surface area contributed by atoms with Crippen molar-refractivity contribution in [2.45, 2.75) is 39.8 Å². The number of halogens is 1. The average molecular weight is 480 g/mol. The summed E-state index contributed by atoms with van der Waals surface area (Å²) in [6, 6.07) is 4.74. The van der Waals surface area contributed by atoms with Crippen LogP contribution in [0, 0.1) is 5.92 Å². The largest absolute Gasteiger partial charge is 0.379 e. The zero-order valence-electron chi connectivity index (χ0n) is 15.7. The van der Waals surface area contributed by atoms with Crippen molar-refractivity contribution in [2.75, 3.05) is 39.4 Å². The molecule has 7 heteroatoms. The number of guanidine groups is 1. The number of nitrogens with zero attached hydrogens (tertiary/aromatic N) is 2. The van der Waals surface area contributed by atoms with Crippen molar-refractivity contribution < 1.29 is 4.74 Å². The molecular weight excluding hydrogens is 447 g/mol. The van der Waals surface area contributed by atoms with Gasteiger partial charge in [0, 0.05) is 37.1 Å². The molecule has 1 aliphatic rings. The third-order valence-electron chi connectivity index (χ3n) is 4.13. The fourth-order valence-corrected chi connectivity index (χ4v) is 3.59. The minimum Gasteiger partial charge on any atom is -0.379 e. The van der Waals surface area contributed by atoms with E-state index in [1.807, 2.05) is 0 Å². The molecule has 0 spiro atoms. The number of ether oxygens (including phenoxy) is 1. The molecule has 25 heavy (non-hydrogen) atoms. The Morgan fingerprint density at radius 2 is 2.08 bits per heavy atom. The normalized spacial score (nSPS) is 17.2. The molecule has 144 valence electrons. The van der Waals surface area contributed by atoms with Gasteiger partial charge >= 0.3 is 0 Å². The summed E-state index contributed by atoms with van der Waals surface area (Å²) < 4.78 is 5.50.